The van der Waals surface area contributed by atoms with E-state index in [-0.39, 0.29) is 17.6 Å². The Bertz CT molecular complexity index is 441. The summed E-state index contributed by atoms with van der Waals surface area (Å²) in [4.78, 5) is 18.5. The molecule has 1 atom stereocenters. The fraction of sp³-hybridized carbons (Fsp3) is 0.667. The van der Waals surface area contributed by atoms with Gasteiger partial charge >= 0.3 is 5.69 Å². The van der Waals surface area contributed by atoms with Crippen molar-refractivity contribution in [1.82, 2.24) is 9.97 Å². The molecule has 1 aromatic heterocycles. The normalized spacial score (nSPS) is 11.9. The zero-order valence-corrected chi connectivity index (χ0v) is 12.0. The SMILES string of the molecule is CCCNc1ncc([N+](=O)[O-])c(NCC(C)OCC)n1. The highest BCUT2D eigenvalue weighted by molar-refractivity contribution is 5.56. The van der Waals surface area contributed by atoms with E-state index in [4.69, 9.17) is 4.74 Å². The molecule has 0 aliphatic carbocycles. The fourth-order valence-electron chi connectivity index (χ4n) is 1.54. The highest BCUT2D eigenvalue weighted by Crippen LogP contribution is 2.21. The highest BCUT2D eigenvalue weighted by Gasteiger charge is 2.17. The second kappa shape index (κ2) is 8.26. The minimum Gasteiger partial charge on any atom is -0.377 e. The molecule has 112 valence electrons. The van der Waals surface area contributed by atoms with E-state index in [0.717, 1.165) is 6.42 Å². The standard InChI is InChI=1S/C12H21N5O3/c1-4-6-13-12-15-8-10(17(18)19)11(16-12)14-7-9(3)20-5-2/h8-9H,4-7H2,1-3H3,(H2,13,14,15,16). The fourth-order valence-corrected chi connectivity index (χ4v) is 1.54. The van der Waals surface area contributed by atoms with Gasteiger partial charge < -0.3 is 15.4 Å². The molecule has 0 amide bonds. The molecule has 20 heavy (non-hydrogen) atoms. The molecule has 1 heterocycles. The van der Waals surface area contributed by atoms with Gasteiger partial charge in [0, 0.05) is 19.7 Å². The van der Waals surface area contributed by atoms with Gasteiger partial charge in [-0.3, -0.25) is 10.1 Å². The van der Waals surface area contributed by atoms with Crippen LogP contribution in [-0.2, 0) is 4.74 Å². The van der Waals surface area contributed by atoms with Crippen molar-refractivity contribution >= 4 is 17.5 Å². The van der Waals surface area contributed by atoms with E-state index in [0.29, 0.717) is 25.6 Å². The lowest BCUT2D eigenvalue weighted by Crippen LogP contribution is -2.21. The molecule has 0 radical (unpaired) electrons. The van der Waals surface area contributed by atoms with Crippen LogP contribution < -0.4 is 10.6 Å². The second-order valence-corrected chi connectivity index (χ2v) is 4.26. The quantitative estimate of drug-likeness (QED) is 0.528. The molecule has 0 spiro atoms. The third-order valence-corrected chi connectivity index (χ3v) is 2.51. The van der Waals surface area contributed by atoms with Crippen LogP contribution in [-0.4, -0.2) is 40.7 Å². The lowest BCUT2D eigenvalue weighted by atomic mass is 10.4. The maximum Gasteiger partial charge on any atom is 0.329 e. The van der Waals surface area contributed by atoms with Crippen LogP contribution in [0.25, 0.3) is 0 Å². The zero-order chi connectivity index (χ0) is 15.0. The van der Waals surface area contributed by atoms with Crippen molar-refractivity contribution in [3.05, 3.63) is 16.3 Å². The lowest BCUT2D eigenvalue weighted by Gasteiger charge is -2.13. The number of nitrogens with zero attached hydrogens (tertiary/aromatic N) is 3. The van der Waals surface area contributed by atoms with Crippen LogP contribution >= 0.6 is 0 Å². The largest absolute Gasteiger partial charge is 0.377 e. The first-order valence-corrected chi connectivity index (χ1v) is 6.69. The van der Waals surface area contributed by atoms with Crippen molar-refractivity contribution < 1.29 is 9.66 Å². The number of nitrogens with one attached hydrogen (secondary N) is 2. The molecular weight excluding hydrogens is 262 g/mol. The smallest absolute Gasteiger partial charge is 0.329 e. The first kappa shape index (κ1) is 16.1. The van der Waals surface area contributed by atoms with E-state index in [9.17, 15) is 10.1 Å². The first-order chi connectivity index (χ1) is 9.58. The van der Waals surface area contributed by atoms with Crippen LogP contribution in [0.2, 0.25) is 0 Å². The van der Waals surface area contributed by atoms with Gasteiger partial charge in [-0.25, -0.2) is 4.98 Å². The number of aromatic nitrogens is 2. The Morgan fingerprint density at radius 1 is 1.45 bits per heavy atom. The second-order valence-electron chi connectivity index (χ2n) is 4.26. The summed E-state index contributed by atoms with van der Waals surface area (Å²) in [5.74, 6) is 0.583. The maximum absolute atomic E-state index is 11.0. The number of hydrogen-bond donors (Lipinski definition) is 2. The molecule has 0 saturated heterocycles. The Kier molecular flexibility index (Phi) is 6.65. The minimum atomic E-state index is -0.503. The van der Waals surface area contributed by atoms with Crippen LogP contribution in [0, 0.1) is 10.1 Å². The van der Waals surface area contributed by atoms with Crippen molar-refractivity contribution in [3.63, 3.8) is 0 Å². The van der Waals surface area contributed by atoms with Crippen molar-refractivity contribution in [2.45, 2.75) is 33.3 Å². The van der Waals surface area contributed by atoms with E-state index < -0.39 is 4.92 Å². The predicted molar refractivity (Wildman–Crippen MR) is 77.0 cm³/mol. The van der Waals surface area contributed by atoms with Crippen molar-refractivity contribution in [2.24, 2.45) is 0 Å². The van der Waals surface area contributed by atoms with Crippen LogP contribution in [0.15, 0.2) is 6.20 Å². The molecule has 1 aromatic rings. The van der Waals surface area contributed by atoms with E-state index in [1.54, 1.807) is 0 Å². The monoisotopic (exact) mass is 283 g/mol. The van der Waals surface area contributed by atoms with Crippen LogP contribution in [0.1, 0.15) is 27.2 Å². The van der Waals surface area contributed by atoms with Gasteiger partial charge in [-0.1, -0.05) is 6.92 Å². The van der Waals surface area contributed by atoms with Crippen molar-refractivity contribution in [1.29, 1.82) is 0 Å². The molecule has 1 unspecified atom stereocenters. The number of rotatable bonds is 9. The summed E-state index contributed by atoms with van der Waals surface area (Å²) in [6, 6.07) is 0. The number of nitro groups is 1. The molecule has 0 fully saturated rings. The summed E-state index contributed by atoms with van der Waals surface area (Å²) in [5, 5.41) is 16.9. The summed E-state index contributed by atoms with van der Waals surface area (Å²) < 4.78 is 5.37. The summed E-state index contributed by atoms with van der Waals surface area (Å²) in [7, 11) is 0. The van der Waals surface area contributed by atoms with E-state index >= 15 is 0 Å². The third kappa shape index (κ3) is 4.96. The van der Waals surface area contributed by atoms with Crippen molar-refractivity contribution in [3.8, 4) is 0 Å². The number of ether oxygens (including phenoxy) is 1. The minimum absolute atomic E-state index is 0.0541. The maximum atomic E-state index is 11.0. The molecule has 0 aliphatic heterocycles. The van der Waals surface area contributed by atoms with Gasteiger partial charge in [-0.2, -0.15) is 4.98 Å². The van der Waals surface area contributed by atoms with E-state index in [2.05, 4.69) is 20.6 Å². The van der Waals surface area contributed by atoms with Crippen LogP contribution in [0.5, 0.6) is 0 Å². The molecule has 1 rings (SSSR count). The van der Waals surface area contributed by atoms with Gasteiger partial charge in [-0.05, 0) is 20.3 Å². The first-order valence-electron chi connectivity index (χ1n) is 6.69. The molecule has 8 nitrogen and oxygen atoms in total. The van der Waals surface area contributed by atoms with Gasteiger partial charge in [0.1, 0.15) is 6.20 Å². The number of anilines is 2. The third-order valence-electron chi connectivity index (χ3n) is 2.51. The Morgan fingerprint density at radius 2 is 2.20 bits per heavy atom. The number of hydrogen-bond acceptors (Lipinski definition) is 7. The Balaban J connectivity index is 2.80. The summed E-state index contributed by atoms with van der Waals surface area (Å²) in [6.45, 7) is 7.56. The average Bonchev–Trinajstić information content (AvgIpc) is 2.43. The summed E-state index contributed by atoms with van der Waals surface area (Å²) >= 11 is 0. The molecule has 8 heteroatoms. The average molecular weight is 283 g/mol. The van der Waals surface area contributed by atoms with Gasteiger partial charge in [-0.15, -0.1) is 0 Å². The molecule has 0 bridgehead atoms. The van der Waals surface area contributed by atoms with Gasteiger partial charge in [0.2, 0.25) is 11.8 Å². The predicted octanol–water partition coefficient (Wildman–Crippen LogP) is 2.04. The van der Waals surface area contributed by atoms with Gasteiger partial charge in [0.15, 0.2) is 0 Å². The Morgan fingerprint density at radius 3 is 2.80 bits per heavy atom. The summed E-state index contributed by atoms with van der Waals surface area (Å²) in [6.07, 6.45) is 2.07. The molecule has 2 N–H and O–H groups in total. The molecule has 0 saturated carbocycles. The molecular formula is C12H21N5O3. The molecule has 0 aromatic carbocycles. The summed E-state index contributed by atoms with van der Waals surface area (Å²) in [5.41, 5.74) is -0.143. The Labute approximate surface area is 118 Å². The van der Waals surface area contributed by atoms with Crippen molar-refractivity contribution in [2.75, 3.05) is 30.3 Å². The van der Waals surface area contributed by atoms with E-state index in [1.165, 1.54) is 6.20 Å². The highest BCUT2D eigenvalue weighted by atomic mass is 16.6. The van der Waals surface area contributed by atoms with Crippen LogP contribution in [0.4, 0.5) is 17.5 Å². The lowest BCUT2D eigenvalue weighted by molar-refractivity contribution is -0.384. The van der Waals surface area contributed by atoms with Gasteiger partial charge in [0.05, 0.1) is 11.0 Å². The van der Waals surface area contributed by atoms with E-state index in [1.807, 2.05) is 20.8 Å². The molecule has 0 aliphatic rings. The zero-order valence-electron chi connectivity index (χ0n) is 12.0. The topological polar surface area (TPSA) is 102 Å². The Hall–Kier alpha value is -1.96. The van der Waals surface area contributed by atoms with Gasteiger partial charge in [0.25, 0.3) is 0 Å². The van der Waals surface area contributed by atoms with Crippen LogP contribution in [0.3, 0.4) is 0 Å².